The number of piperidine rings is 1. The van der Waals surface area contributed by atoms with E-state index in [4.69, 9.17) is 21.1 Å². The summed E-state index contributed by atoms with van der Waals surface area (Å²) in [5.41, 5.74) is 2.42. The van der Waals surface area contributed by atoms with Gasteiger partial charge in [0.05, 0.1) is 35.3 Å². The smallest absolute Gasteiger partial charge is 0.410 e. The average Bonchev–Trinajstić information content (AvgIpc) is 3.32. The van der Waals surface area contributed by atoms with Gasteiger partial charge in [-0.3, -0.25) is 4.79 Å². The van der Waals surface area contributed by atoms with Crippen molar-refractivity contribution in [2.24, 2.45) is 0 Å². The van der Waals surface area contributed by atoms with Gasteiger partial charge in [0.1, 0.15) is 11.4 Å². The molecule has 1 aromatic heterocycles. The predicted molar refractivity (Wildman–Crippen MR) is 143 cm³/mol. The maximum atomic E-state index is 13.4. The number of methoxy groups -OCH3 is 1. The van der Waals surface area contributed by atoms with Gasteiger partial charge in [-0.25, -0.2) is 9.48 Å². The number of ether oxygens (including phenoxy) is 2. The van der Waals surface area contributed by atoms with Crippen LogP contribution in [0.25, 0.3) is 5.69 Å². The summed E-state index contributed by atoms with van der Waals surface area (Å²) in [6.45, 7) is 7.00. The highest BCUT2D eigenvalue weighted by Crippen LogP contribution is 2.34. The van der Waals surface area contributed by atoms with E-state index in [0.717, 1.165) is 17.0 Å². The van der Waals surface area contributed by atoms with Gasteiger partial charge in [0.25, 0.3) is 5.91 Å². The van der Waals surface area contributed by atoms with Crippen molar-refractivity contribution >= 4 is 23.6 Å². The highest BCUT2D eigenvalue weighted by atomic mass is 35.5. The average molecular weight is 525 g/mol. The van der Waals surface area contributed by atoms with Crippen LogP contribution in [-0.2, 0) is 11.3 Å². The molecule has 0 unspecified atom stereocenters. The first-order valence-electron chi connectivity index (χ1n) is 12.4. The molecule has 0 radical (unpaired) electrons. The fourth-order valence-electron chi connectivity index (χ4n) is 4.42. The molecule has 8 nitrogen and oxygen atoms in total. The first kappa shape index (κ1) is 26.5. The zero-order valence-electron chi connectivity index (χ0n) is 21.7. The fourth-order valence-corrected chi connectivity index (χ4v) is 4.64. The third-order valence-electron chi connectivity index (χ3n) is 6.28. The largest absolute Gasteiger partial charge is 0.497 e. The van der Waals surface area contributed by atoms with Gasteiger partial charge in [-0.05, 0) is 63.4 Å². The molecule has 0 saturated carbocycles. The maximum absolute atomic E-state index is 13.4. The number of aromatic nitrogens is 2. The van der Waals surface area contributed by atoms with Crippen LogP contribution < -0.4 is 10.1 Å². The molecule has 0 aliphatic carbocycles. The summed E-state index contributed by atoms with van der Waals surface area (Å²) in [5, 5.41) is 8.13. The van der Waals surface area contributed by atoms with Crippen molar-refractivity contribution in [1.82, 2.24) is 20.0 Å². The van der Waals surface area contributed by atoms with Crippen LogP contribution in [0.5, 0.6) is 5.75 Å². The lowest BCUT2D eigenvalue weighted by Crippen LogP contribution is -2.41. The van der Waals surface area contributed by atoms with Crippen LogP contribution in [0, 0.1) is 0 Å². The molecule has 2 amide bonds. The SMILES string of the molecule is COc1ccc(CNC(=O)c2cnn(-c3ccccc3Cl)c2C2CCN(C(=O)OC(C)(C)C)CC2)cc1. The number of rotatable bonds is 6. The van der Waals surface area contributed by atoms with Crippen LogP contribution in [0.3, 0.4) is 0 Å². The number of benzene rings is 2. The number of carbonyl (C=O) groups excluding carboxylic acids is 2. The Morgan fingerprint density at radius 1 is 1.08 bits per heavy atom. The topological polar surface area (TPSA) is 85.7 Å². The van der Waals surface area contributed by atoms with Crippen LogP contribution in [0.15, 0.2) is 54.7 Å². The van der Waals surface area contributed by atoms with Crippen LogP contribution in [0.1, 0.15) is 61.1 Å². The van der Waals surface area contributed by atoms with E-state index in [9.17, 15) is 9.59 Å². The number of nitrogens with one attached hydrogen (secondary N) is 1. The van der Waals surface area contributed by atoms with E-state index >= 15 is 0 Å². The minimum Gasteiger partial charge on any atom is -0.497 e. The number of nitrogens with zero attached hydrogens (tertiary/aromatic N) is 3. The van der Waals surface area contributed by atoms with E-state index in [-0.39, 0.29) is 17.9 Å². The van der Waals surface area contributed by atoms with Crippen molar-refractivity contribution in [2.75, 3.05) is 20.2 Å². The van der Waals surface area contributed by atoms with Gasteiger partial charge in [0, 0.05) is 25.6 Å². The molecule has 3 aromatic rings. The summed E-state index contributed by atoms with van der Waals surface area (Å²) in [4.78, 5) is 27.7. The molecule has 37 heavy (non-hydrogen) atoms. The number of halogens is 1. The number of amides is 2. The predicted octanol–water partition coefficient (Wildman–Crippen LogP) is 5.58. The first-order valence-corrected chi connectivity index (χ1v) is 12.8. The van der Waals surface area contributed by atoms with E-state index in [1.165, 1.54) is 0 Å². The molecule has 9 heteroatoms. The Bertz CT molecular complexity index is 1240. The number of para-hydroxylation sites is 1. The Balaban J connectivity index is 1.56. The summed E-state index contributed by atoms with van der Waals surface area (Å²) in [6, 6.07) is 15.0. The summed E-state index contributed by atoms with van der Waals surface area (Å²) in [6.07, 6.45) is 2.63. The minimum atomic E-state index is -0.550. The van der Waals surface area contributed by atoms with E-state index in [0.29, 0.717) is 48.7 Å². The second-order valence-corrected chi connectivity index (χ2v) is 10.5. The molecule has 0 spiro atoms. The molecule has 1 aliphatic heterocycles. The third kappa shape index (κ3) is 6.43. The van der Waals surface area contributed by atoms with E-state index in [1.807, 2.05) is 63.2 Å². The zero-order chi connectivity index (χ0) is 26.6. The van der Waals surface area contributed by atoms with Gasteiger partial charge < -0.3 is 19.7 Å². The Labute approximate surface area is 222 Å². The van der Waals surface area contributed by atoms with Crippen molar-refractivity contribution in [2.45, 2.75) is 51.7 Å². The van der Waals surface area contributed by atoms with Gasteiger partial charge in [-0.1, -0.05) is 35.9 Å². The van der Waals surface area contributed by atoms with Crippen molar-refractivity contribution in [3.8, 4) is 11.4 Å². The molecule has 2 heterocycles. The molecular weight excluding hydrogens is 492 g/mol. The molecule has 0 atom stereocenters. The quantitative estimate of drug-likeness (QED) is 0.455. The monoisotopic (exact) mass is 524 g/mol. The highest BCUT2D eigenvalue weighted by molar-refractivity contribution is 6.32. The van der Waals surface area contributed by atoms with Gasteiger partial charge >= 0.3 is 6.09 Å². The van der Waals surface area contributed by atoms with Crippen LogP contribution in [-0.4, -0.2) is 52.5 Å². The van der Waals surface area contributed by atoms with Crippen LogP contribution in [0.2, 0.25) is 5.02 Å². The zero-order valence-corrected chi connectivity index (χ0v) is 22.4. The van der Waals surface area contributed by atoms with Crippen molar-refractivity contribution in [3.05, 3.63) is 76.6 Å². The van der Waals surface area contributed by atoms with Crippen LogP contribution >= 0.6 is 11.6 Å². The second kappa shape index (κ2) is 11.3. The Morgan fingerprint density at radius 2 is 1.76 bits per heavy atom. The van der Waals surface area contributed by atoms with E-state index in [1.54, 1.807) is 29.0 Å². The number of carbonyl (C=O) groups is 2. The molecule has 1 aliphatic rings. The summed E-state index contributed by atoms with van der Waals surface area (Å²) in [5.74, 6) is 0.564. The van der Waals surface area contributed by atoms with E-state index in [2.05, 4.69) is 10.4 Å². The van der Waals surface area contributed by atoms with Crippen LogP contribution in [0.4, 0.5) is 4.79 Å². The van der Waals surface area contributed by atoms with Gasteiger partial charge in [0.2, 0.25) is 0 Å². The standard InChI is InChI=1S/C28H33ClN4O4/c1-28(2,3)37-27(35)32-15-13-20(14-16-32)25-22(18-31-33(25)24-8-6-5-7-23(24)29)26(34)30-17-19-9-11-21(36-4)12-10-19/h5-12,18,20H,13-17H2,1-4H3,(H,30,34). The highest BCUT2D eigenvalue weighted by Gasteiger charge is 2.32. The molecule has 1 N–H and O–H groups in total. The van der Waals surface area contributed by atoms with E-state index < -0.39 is 5.60 Å². The number of hydrogen-bond donors (Lipinski definition) is 1. The normalized spacial score (nSPS) is 14.4. The molecule has 1 fully saturated rings. The van der Waals surface area contributed by atoms with Gasteiger partial charge in [0.15, 0.2) is 0 Å². The minimum absolute atomic E-state index is 0.0131. The lowest BCUT2D eigenvalue weighted by Gasteiger charge is -2.34. The molecule has 1 saturated heterocycles. The first-order chi connectivity index (χ1) is 17.7. The van der Waals surface area contributed by atoms with Crippen molar-refractivity contribution in [1.29, 1.82) is 0 Å². The lowest BCUT2D eigenvalue weighted by molar-refractivity contribution is 0.0203. The lowest BCUT2D eigenvalue weighted by atomic mass is 9.90. The molecule has 2 aromatic carbocycles. The third-order valence-corrected chi connectivity index (χ3v) is 6.60. The summed E-state index contributed by atoms with van der Waals surface area (Å²) >= 11 is 6.51. The molecule has 196 valence electrons. The number of likely N-dealkylation sites (tertiary alicyclic amines) is 1. The van der Waals surface area contributed by atoms with Crippen molar-refractivity contribution in [3.63, 3.8) is 0 Å². The molecule has 0 bridgehead atoms. The van der Waals surface area contributed by atoms with Gasteiger partial charge in [-0.15, -0.1) is 0 Å². The Morgan fingerprint density at radius 3 is 2.38 bits per heavy atom. The second-order valence-electron chi connectivity index (χ2n) is 10.1. The molecule has 4 rings (SSSR count). The van der Waals surface area contributed by atoms with Gasteiger partial charge in [-0.2, -0.15) is 5.10 Å². The number of hydrogen-bond acceptors (Lipinski definition) is 5. The maximum Gasteiger partial charge on any atom is 0.410 e. The Kier molecular flexibility index (Phi) is 8.07. The summed E-state index contributed by atoms with van der Waals surface area (Å²) in [7, 11) is 1.62. The molecular formula is C28H33ClN4O4. The fraction of sp³-hybridized carbons (Fsp3) is 0.393. The Hall–Kier alpha value is -3.52. The summed E-state index contributed by atoms with van der Waals surface area (Å²) < 4.78 is 12.5. The van der Waals surface area contributed by atoms with Crippen molar-refractivity contribution < 1.29 is 19.1 Å².